The van der Waals surface area contributed by atoms with Gasteiger partial charge in [0.2, 0.25) is 15.9 Å². The predicted octanol–water partition coefficient (Wildman–Crippen LogP) is 6.22. The Morgan fingerprint density at radius 1 is 0.784 bits per heavy atom. The minimum atomic E-state index is -3.61. The molecule has 0 radical (unpaired) electrons. The van der Waals surface area contributed by atoms with Crippen molar-refractivity contribution in [3.63, 3.8) is 0 Å². The van der Waals surface area contributed by atoms with E-state index in [1.165, 1.54) is 0 Å². The van der Waals surface area contributed by atoms with E-state index in [0.717, 1.165) is 11.1 Å². The zero-order valence-electron chi connectivity index (χ0n) is 20.1. The topological polar surface area (TPSA) is 84.5 Å². The lowest BCUT2D eigenvalue weighted by atomic mass is 10.1. The lowest BCUT2D eigenvalue weighted by Crippen LogP contribution is -2.26. The molecule has 2 N–H and O–H groups in total. The molecule has 4 rings (SSSR count). The fraction of sp³-hybridized carbons (Fsp3) is 0.138. The molecule has 0 aliphatic carbocycles. The van der Waals surface area contributed by atoms with Crippen molar-refractivity contribution in [3.8, 4) is 11.5 Å². The van der Waals surface area contributed by atoms with Crippen molar-refractivity contribution >= 4 is 33.2 Å². The second-order valence-corrected chi connectivity index (χ2v) is 10.6. The maximum atomic E-state index is 12.6. The van der Waals surface area contributed by atoms with Gasteiger partial charge in [0.05, 0.1) is 10.6 Å². The van der Waals surface area contributed by atoms with Gasteiger partial charge < -0.3 is 10.1 Å². The van der Waals surface area contributed by atoms with Crippen molar-refractivity contribution in [1.82, 2.24) is 4.72 Å². The first kappa shape index (κ1) is 26.4. The number of hydrogen-bond donors (Lipinski definition) is 2. The number of rotatable bonds is 11. The standard InChI is InChI=1S/C29H27ClN2O4S/c30-24-14-17-28(36-25-9-5-2-6-10-25)27(21-24)32-29(33)18-13-23-11-15-26(16-12-23)37(34,35)31-20-19-22-7-3-1-4-8-22/h1-12,14-17,21,31H,13,18-20H2,(H,32,33). The molecule has 1 amide bonds. The SMILES string of the molecule is O=C(CCc1ccc(S(=O)(=O)NCCc2ccccc2)cc1)Nc1cc(Cl)ccc1Oc1ccccc1. The number of nitrogens with one attached hydrogen (secondary N) is 2. The van der Waals surface area contributed by atoms with Crippen LogP contribution in [-0.4, -0.2) is 20.9 Å². The lowest BCUT2D eigenvalue weighted by molar-refractivity contribution is -0.116. The maximum Gasteiger partial charge on any atom is 0.240 e. The minimum Gasteiger partial charge on any atom is -0.455 e. The fourth-order valence-corrected chi connectivity index (χ4v) is 4.87. The van der Waals surface area contributed by atoms with Crippen LogP contribution in [0.25, 0.3) is 0 Å². The number of carbonyl (C=O) groups is 1. The number of hydrogen-bond acceptors (Lipinski definition) is 4. The minimum absolute atomic E-state index is 0.190. The Hall–Kier alpha value is -3.65. The van der Waals surface area contributed by atoms with E-state index in [9.17, 15) is 13.2 Å². The van der Waals surface area contributed by atoms with E-state index in [0.29, 0.717) is 41.6 Å². The second-order valence-electron chi connectivity index (χ2n) is 8.38. The number of aryl methyl sites for hydroxylation is 1. The Morgan fingerprint density at radius 3 is 2.14 bits per heavy atom. The van der Waals surface area contributed by atoms with Crippen molar-refractivity contribution in [1.29, 1.82) is 0 Å². The number of benzene rings is 4. The van der Waals surface area contributed by atoms with Gasteiger partial charge in [0.1, 0.15) is 5.75 Å². The number of carbonyl (C=O) groups excluding carboxylic acids is 1. The molecule has 37 heavy (non-hydrogen) atoms. The Morgan fingerprint density at radius 2 is 1.43 bits per heavy atom. The molecule has 4 aromatic rings. The smallest absolute Gasteiger partial charge is 0.240 e. The highest BCUT2D eigenvalue weighted by Crippen LogP contribution is 2.32. The lowest BCUT2D eigenvalue weighted by Gasteiger charge is -2.13. The summed E-state index contributed by atoms with van der Waals surface area (Å²) in [5.41, 5.74) is 2.39. The molecule has 0 saturated carbocycles. The van der Waals surface area contributed by atoms with Gasteiger partial charge in [-0.2, -0.15) is 0 Å². The molecule has 0 heterocycles. The highest BCUT2D eigenvalue weighted by atomic mass is 35.5. The van der Waals surface area contributed by atoms with Crippen LogP contribution in [0.5, 0.6) is 11.5 Å². The summed E-state index contributed by atoms with van der Waals surface area (Å²) in [4.78, 5) is 12.8. The Labute approximate surface area is 222 Å². The average Bonchev–Trinajstić information content (AvgIpc) is 2.90. The van der Waals surface area contributed by atoms with Gasteiger partial charge in [-0.15, -0.1) is 0 Å². The molecule has 0 saturated heterocycles. The first-order valence-electron chi connectivity index (χ1n) is 11.8. The number of para-hydroxylation sites is 1. The van der Waals surface area contributed by atoms with E-state index < -0.39 is 10.0 Å². The van der Waals surface area contributed by atoms with E-state index in [2.05, 4.69) is 10.0 Å². The zero-order valence-corrected chi connectivity index (χ0v) is 21.6. The van der Waals surface area contributed by atoms with Crippen LogP contribution in [-0.2, 0) is 27.7 Å². The van der Waals surface area contributed by atoms with Crippen LogP contribution in [0.3, 0.4) is 0 Å². The van der Waals surface area contributed by atoms with Gasteiger partial charge in [-0.1, -0.05) is 72.3 Å². The first-order chi connectivity index (χ1) is 17.9. The Bertz CT molecular complexity index is 1430. The van der Waals surface area contributed by atoms with Crippen LogP contribution in [0.4, 0.5) is 5.69 Å². The molecule has 0 aliphatic heterocycles. The summed E-state index contributed by atoms with van der Waals surface area (Å²) in [6.45, 7) is 0.313. The number of amides is 1. The van der Waals surface area contributed by atoms with Crippen molar-refractivity contribution in [2.24, 2.45) is 0 Å². The van der Waals surface area contributed by atoms with Crippen molar-refractivity contribution in [2.45, 2.75) is 24.2 Å². The summed E-state index contributed by atoms with van der Waals surface area (Å²) in [5, 5.41) is 3.34. The maximum absolute atomic E-state index is 12.6. The van der Waals surface area contributed by atoms with E-state index in [-0.39, 0.29) is 17.2 Å². The molecule has 6 nitrogen and oxygen atoms in total. The van der Waals surface area contributed by atoms with E-state index in [1.54, 1.807) is 42.5 Å². The summed E-state index contributed by atoms with van der Waals surface area (Å²) < 4.78 is 33.7. The third-order valence-electron chi connectivity index (χ3n) is 5.61. The fourth-order valence-electron chi connectivity index (χ4n) is 3.67. The van der Waals surface area contributed by atoms with E-state index >= 15 is 0 Å². The van der Waals surface area contributed by atoms with Crippen LogP contribution in [0.1, 0.15) is 17.5 Å². The van der Waals surface area contributed by atoms with Gasteiger partial charge in [0.25, 0.3) is 0 Å². The van der Waals surface area contributed by atoms with Gasteiger partial charge in [0.15, 0.2) is 5.75 Å². The molecule has 0 aromatic heterocycles. The monoisotopic (exact) mass is 534 g/mol. The third kappa shape index (κ3) is 7.92. The normalized spacial score (nSPS) is 11.2. The molecule has 190 valence electrons. The van der Waals surface area contributed by atoms with Crippen molar-refractivity contribution < 1.29 is 17.9 Å². The molecular formula is C29H27ClN2O4S. The van der Waals surface area contributed by atoms with Crippen LogP contribution in [0.2, 0.25) is 5.02 Å². The summed E-state index contributed by atoms with van der Waals surface area (Å²) in [5.74, 6) is 0.919. The summed E-state index contributed by atoms with van der Waals surface area (Å²) in [6.07, 6.45) is 1.26. The number of ether oxygens (including phenoxy) is 1. The largest absolute Gasteiger partial charge is 0.455 e. The zero-order chi connectivity index (χ0) is 26.1. The molecule has 4 aromatic carbocycles. The number of anilines is 1. The first-order valence-corrected chi connectivity index (χ1v) is 13.7. The van der Waals surface area contributed by atoms with Crippen molar-refractivity contribution in [2.75, 3.05) is 11.9 Å². The van der Waals surface area contributed by atoms with Crippen LogP contribution in [0, 0.1) is 0 Å². The van der Waals surface area contributed by atoms with Gasteiger partial charge >= 0.3 is 0 Å². The second kappa shape index (κ2) is 12.5. The van der Waals surface area contributed by atoms with Gasteiger partial charge in [-0.25, -0.2) is 13.1 Å². The average molecular weight is 535 g/mol. The molecular weight excluding hydrogens is 508 g/mol. The predicted molar refractivity (Wildman–Crippen MR) is 147 cm³/mol. The number of sulfonamides is 1. The molecule has 0 spiro atoms. The van der Waals surface area contributed by atoms with Gasteiger partial charge in [-0.05, 0) is 66.4 Å². The quantitative estimate of drug-likeness (QED) is 0.239. The molecule has 0 aliphatic rings. The number of halogens is 1. The highest BCUT2D eigenvalue weighted by Gasteiger charge is 2.14. The molecule has 0 fully saturated rings. The molecule has 0 atom stereocenters. The van der Waals surface area contributed by atoms with Crippen molar-refractivity contribution in [3.05, 3.63) is 119 Å². The summed E-state index contributed by atoms with van der Waals surface area (Å²) in [7, 11) is -3.61. The van der Waals surface area contributed by atoms with Gasteiger partial charge in [-0.3, -0.25) is 4.79 Å². The van der Waals surface area contributed by atoms with Crippen LogP contribution >= 0.6 is 11.6 Å². The van der Waals surface area contributed by atoms with Crippen LogP contribution < -0.4 is 14.8 Å². The third-order valence-corrected chi connectivity index (χ3v) is 7.32. The summed E-state index contributed by atoms with van der Waals surface area (Å²) >= 11 is 6.13. The summed E-state index contributed by atoms with van der Waals surface area (Å²) in [6, 6.07) is 30.6. The van der Waals surface area contributed by atoms with E-state index in [1.807, 2.05) is 60.7 Å². The molecule has 0 unspecified atom stereocenters. The van der Waals surface area contributed by atoms with E-state index in [4.69, 9.17) is 16.3 Å². The highest BCUT2D eigenvalue weighted by molar-refractivity contribution is 7.89. The Kier molecular flexibility index (Phi) is 8.95. The Balaban J connectivity index is 1.30. The molecule has 8 heteroatoms. The van der Waals surface area contributed by atoms with Gasteiger partial charge in [0, 0.05) is 18.0 Å². The van der Waals surface area contributed by atoms with Crippen LogP contribution in [0.15, 0.2) is 108 Å². The molecule has 0 bridgehead atoms.